The molecule has 0 spiro atoms. The average Bonchev–Trinajstić information content (AvgIpc) is 3.06. The largest absolute Gasteiger partial charge is 0.316 e. The fourth-order valence-corrected chi connectivity index (χ4v) is 3.43. The molecule has 1 amide bonds. The van der Waals surface area contributed by atoms with E-state index in [0.29, 0.717) is 17.9 Å². The van der Waals surface area contributed by atoms with Gasteiger partial charge in [-0.1, -0.05) is 17.7 Å². The van der Waals surface area contributed by atoms with E-state index in [1.807, 2.05) is 31.2 Å². The van der Waals surface area contributed by atoms with E-state index >= 15 is 0 Å². The summed E-state index contributed by atoms with van der Waals surface area (Å²) in [5.74, 6) is 0.147. The number of anilines is 1. The Balaban J connectivity index is 0.00000210. The van der Waals surface area contributed by atoms with Gasteiger partial charge in [-0.3, -0.25) is 9.89 Å². The van der Waals surface area contributed by atoms with Crippen molar-refractivity contribution in [2.24, 2.45) is 5.92 Å². The number of carbonyl (C=O) groups excluding carboxylic acids is 1. The molecule has 0 aliphatic carbocycles. The fourth-order valence-electron chi connectivity index (χ4n) is 3.43. The molecule has 0 bridgehead atoms. The third kappa shape index (κ3) is 3.96. The van der Waals surface area contributed by atoms with Gasteiger partial charge < -0.3 is 10.6 Å². The maximum atomic E-state index is 14.2. The summed E-state index contributed by atoms with van der Waals surface area (Å²) in [6, 6.07) is 10.6. The number of H-pyrrole nitrogens is 1. The van der Waals surface area contributed by atoms with Crippen LogP contribution in [0.3, 0.4) is 0 Å². The van der Waals surface area contributed by atoms with Crippen LogP contribution in [-0.4, -0.2) is 29.2 Å². The molecule has 2 aromatic carbocycles. The number of benzene rings is 2. The number of hydrogen-bond acceptors (Lipinski definition) is 3. The standard InChI is InChI=1S/C20H21FN4O.ClH/c1-12-4-6-17(21)15(9-12)13-5-7-18-16(10-13)19(25-24-18)23-20(26)14-3-2-8-22-11-14;/h4-7,9-10,14,22H,2-3,8,11H2,1H3,(H2,23,24,25,26);1H/t14-;/m1./s1. The molecule has 1 atom stereocenters. The number of aromatic amines is 1. The molecule has 0 radical (unpaired) electrons. The number of aromatic nitrogens is 2. The molecular formula is C20H22ClFN4O. The second-order valence-corrected chi connectivity index (χ2v) is 6.85. The van der Waals surface area contributed by atoms with Gasteiger partial charge in [0.25, 0.3) is 0 Å². The Morgan fingerprint density at radius 1 is 1.26 bits per heavy atom. The number of aryl methyl sites for hydroxylation is 1. The number of halogens is 2. The minimum Gasteiger partial charge on any atom is -0.316 e. The van der Waals surface area contributed by atoms with Crippen LogP contribution in [-0.2, 0) is 4.79 Å². The molecule has 1 aromatic heterocycles. The van der Waals surface area contributed by atoms with Crippen LogP contribution in [0.25, 0.3) is 22.0 Å². The van der Waals surface area contributed by atoms with Crippen LogP contribution in [0.5, 0.6) is 0 Å². The fraction of sp³-hybridized carbons (Fsp3) is 0.300. The third-order valence-corrected chi connectivity index (χ3v) is 4.90. The van der Waals surface area contributed by atoms with Gasteiger partial charge in [-0.15, -0.1) is 12.4 Å². The highest BCUT2D eigenvalue weighted by molar-refractivity contribution is 6.01. The molecule has 5 nitrogen and oxygen atoms in total. The second kappa shape index (κ2) is 8.06. The van der Waals surface area contributed by atoms with Crippen molar-refractivity contribution in [1.29, 1.82) is 0 Å². The van der Waals surface area contributed by atoms with Crippen LogP contribution in [0, 0.1) is 18.7 Å². The first-order chi connectivity index (χ1) is 12.6. The molecule has 27 heavy (non-hydrogen) atoms. The number of carbonyl (C=O) groups is 1. The molecule has 1 saturated heterocycles. The number of hydrogen-bond donors (Lipinski definition) is 3. The zero-order valence-electron chi connectivity index (χ0n) is 15.0. The molecule has 142 valence electrons. The second-order valence-electron chi connectivity index (χ2n) is 6.85. The summed E-state index contributed by atoms with van der Waals surface area (Å²) in [4.78, 5) is 12.5. The van der Waals surface area contributed by atoms with E-state index in [1.54, 1.807) is 6.07 Å². The highest BCUT2D eigenvalue weighted by Gasteiger charge is 2.22. The van der Waals surface area contributed by atoms with E-state index in [-0.39, 0.29) is 30.0 Å². The Bertz CT molecular complexity index is 966. The van der Waals surface area contributed by atoms with E-state index in [2.05, 4.69) is 20.8 Å². The molecule has 0 unspecified atom stereocenters. The van der Waals surface area contributed by atoms with Gasteiger partial charge >= 0.3 is 0 Å². The van der Waals surface area contributed by atoms with E-state index < -0.39 is 0 Å². The molecular weight excluding hydrogens is 367 g/mol. The molecule has 3 aromatic rings. The van der Waals surface area contributed by atoms with Crippen LogP contribution in [0.2, 0.25) is 0 Å². The van der Waals surface area contributed by atoms with Crippen LogP contribution in [0.15, 0.2) is 36.4 Å². The maximum Gasteiger partial charge on any atom is 0.229 e. The van der Waals surface area contributed by atoms with Crippen molar-refractivity contribution in [3.63, 3.8) is 0 Å². The Morgan fingerprint density at radius 3 is 2.89 bits per heavy atom. The van der Waals surface area contributed by atoms with Gasteiger partial charge in [0.2, 0.25) is 5.91 Å². The number of fused-ring (bicyclic) bond motifs is 1. The molecule has 1 fully saturated rings. The molecule has 2 heterocycles. The van der Waals surface area contributed by atoms with Gasteiger partial charge in [0.15, 0.2) is 5.82 Å². The van der Waals surface area contributed by atoms with Crippen molar-refractivity contribution in [2.75, 3.05) is 18.4 Å². The van der Waals surface area contributed by atoms with Crippen molar-refractivity contribution < 1.29 is 9.18 Å². The van der Waals surface area contributed by atoms with E-state index in [9.17, 15) is 9.18 Å². The van der Waals surface area contributed by atoms with Gasteiger partial charge in [-0.25, -0.2) is 4.39 Å². The first kappa shape index (κ1) is 19.3. The maximum absolute atomic E-state index is 14.2. The number of amides is 1. The van der Waals surface area contributed by atoms with Crippen LogP contribution >= 0.6 is 12.4 Å². The van der Waals surface area contributed by atoms with E-state index in [1.165, 1.54) is 6.07 Å². The zero-order valence-corrected chi connectivity index (χ0v) is 15.8. The Kier molecular flexibility index (Phi) is 5.77. The molecule has 3 N–H and O–H groups in total. The predicted molar refractivity (Wildman–Crippen MR) is 108 cm³/mol. The lowest BCUT2D eigenvalue weighted by molar-refractivity contribution is -0.120. The average molecular weight is 389 g/mol. The summed E-state index contributed by atoms with van der Waals surface area (Å²) in [5, 5.41) is 14.1. The van der Waals surface area contributed by atoms with Crippen LogP contribution < -0.4 is 10.6 Å². The van der Waals surface area contributed by atoms with Gasteiger partial charge in [-0.05, 0) is 56.1 Å². The van der Waals surface area contributed by atoms with Crippen molar-refractivity contribution in [3.05, 3.63) is 47.8 Å². The Hall–Kier alpha value is -2.44. The summed E-state index contributed by atoms with van der Waals surface area (Å²) < 4.78 is 14.2. The third-order valence-electron chi connectivity index (χ3n) is 4.90. The highest BCUT2D eigenvalue weighted by atomic mass is 35.5. The lowest BCUT2D eigenvalue weighted by Crippen LogP contribution is -2.37. The van der Waals surface area contributed by atoms with Gasteiger partial charge in [0.1, 0.15) is 5.82 Å². The first-order valence-corrected chi connectivity index (χ1v) is 8.88. The van der Waals surface area contributed by atoms with Crippen molar-refractivity contribution in [2.45, 2.75) is 19.8 Å². The highest BCUT2D eigenvalue weighted by Crippen LogP contribution is 2.30. The number of piperidine rings is 1. The molecule has 1 aliphatic heterocycles. The Morgan fingerprint density at radius 2 is 2.11 bits per heavy atom. The quantitative estimate of drug-likeness (QED) is 0.634. The molecule has 1 aliphatic rings. The normalized spacial score (nSPS) is 16.7. The predicted octanol–water partition coefficient (Wildman–Crippen LogP) is 4.04. The summed E-state index contributed by atoms with van der Waals surface area (Å²) in [6.45, 7) is 3.58. The number of rotatable bonds is 3. The summed E-state index contributed by atoms with van der Waals surface area (Å²) in [7, 11) is 0. The van der Waals surface area contributed by atoms with Crippen molar-refractivity contribution in [3.8, 4) is 11.1 Å². The number of nitrogens with zero attached hydrogens (tertiary/aromatic N) is 1. The number of nitrogens with one attached hydrogen (secondary N) is 3. The smallest absolute Gasteiger partial charge is 0.229 e. The van der Waals surface area contributed by atoms with Gasteiger partial charge in [0.05, 0.1) is 11.4 Å². The molecule has 7 heteroatoms. The van der Waals surface area contributed by atoms with E-state index in [0.717, 1.165) is 41.4 Å². The Labute approximate surface area is 163 Å². The van der Waals surface area contributed by atoms with Gasteiger partial charge in [0, 0.05) is 17.5 Å². The molecule has 4 rings (SSSR count). The monoisotopic (exact) mass is 388 g/mol. The van der Waals surface area contributed by atoms with Gasteiger partial charge in [-0.2, -0.15) is 5.10 Å². The lowest BCUT2D eigenvalue weighted by atomic mass is 9.98. The van der Waals surface area contributed by atoms with E-state index in [4.69, 9.17) is 0 Å². The first-order valence-electron chi connectivity index (χ1n) is 8.88. The molecule has 0 saturated carbocycles. The van der Waals surface area contributed by atoms with Crippen LogP contribution in [0.1, 0.15) is 18.4 Å². The zero-order chi connectivity index (χ0) is 18.1. The van der Waals surface area contributed by atoms with Crippen LogP contribution in [0.4, 0.5) is 10.2 Å². The van der Waals surface area contributed by atoms with Crippen molar-refractivity contribution >= 4 is 35.0 Å². The van der Waals surface area contributed by atoms with Crippen molar-refractivity contribution in [1.82, 2.24) is 15.5 Å². The SMILES string of the molecule is Cc1ccc(F)c(-c2ccc3[nH]nc(NC(=O)[C@@H]4CCCNC4)c3c2)c1.Cl. The summed E-state index contributed by atoms with van der Waals surface area (Å²) >= 11 is 0. The topological polar surface area (TPSA) is 69.8 Å². The summed E-state index contributed by atoms with van der Waals surface area (Å²) in [5.41, 5.74) is 3.10. The summed E-state index contributed by atoms with van der Waals surface area (Å²) in [6.07, 6.45) is 1.87. The minimum absolute atomic E-state index is 0. The minimum atomic E-state index is -0.266. The lowest BCUT2D eigenvalue weighted by Gasteiger charge is -2.21.